The van der Waals surface area contributed by atoms with Gasteiger partial charge in [-0.25, -0.2) is 0 Å². The maximum absolute atomic E-state index is 10.0. The first-order valence-corrected chi connectivity index (χ1v) is 7.54. The van der Waals surface area contributed by atoms with Crippen molar-refractivity contribution in [1.29, 1.82) is 0 Å². The largest absolute Gasteiger partial charge is 0.387 e. The topological polar surface area (TPSA) is 32.3 Å². The highest BCUT2D eigenvalue weighted by atomic mass is 32.1. The molecule has 1 heterocycles. The maximum atomic E-state index is 10.0. The lowest BCUT2D eigenvalue weighted by molar-refractivity contribution is 0.150. The molecule has 2 rings (SSSR count). The van der Waals surface area contributed by atoms with Gasteiger partial charge in [0.15, 0.2) is 0 Å². The quantitative estimate of drug-likeness (QED) is 0.863. The lowest BCUT2D eigenvalue weighted by Crippen LogP contribution is -2.41. The van der Waals surface area contributed by atoms with Gasteiger partial charge in [-0.2, -0.15) is 11.3 Å². The summed E-state index contributed by atoms with van der Waals surface area (Å²) in [6.45, 7) is 5.33. The van der Waals surface area contributed by atoms with Crippen molar-refractivity contribution in [2.75, 3.05) is 6.54 Å². The van der Waals surface area contributed by atoms with Crippen LogP contribution in [-0.4, -0.2) is 17.7 Å². The van der Waals surface area contributed by atoms with Crippen LogP contribution in [0.25, 0.3) is 0 Å². The van der Waals surface area contributed by atoms with Crippen LogP contribution in [0.1, 0.15) is 44.8 Å². The molecule has 0 aliphatic heterocycles. The number of aliphatic hydroxyl groups is 1. The summed E-state index contributed by atoms with van der Waals surface area (Å²) in [5, 5.41) is 17.6. The number of thiophene rings is 1. The Labute approximate surface area is 108 Å². The van der Waals surface area contributed by atoms with Crippen LogP contribution in [0.3, 0.4) is 0 Å². The van der Waals surface area contributed by atoms with Gasteiger partial charge in [0, 0.05) is 12.6 Å². The van der Waals surface area contributed by atoms with Gasteiger partial charge >= 0.3 is 0 Å². The fourth-order valence-electron chi connectivity index (χ4n) is 2.66. The first kappa shape index (κ1) is 13.1. The molecular formula is C14H23NOS. The molecule has 4 atom stereocenters. The van der Waals surface area contributed by atoms with E-state index in [0.29, 0.717) is 12.6 Å². The zero-order valence-corrected chi connectivity index (χ0v) is 11.5. The first-order valence-electron chi connectivity index (χ1n) is 6.60. The third-order valence-corrected chi connectivity index (χ3v) is 4.66. The monoisotopic (exact) mass is 253 g/mol. The van der Waals surface area contributed by atoms with Crippen molar-refractivity contribution in [3.8, 4) is 0 Å². The molecule has 0 spiro atoms. The average molecular weight is 253 g/mol. The lowest BCUT2D eigenvalue weighted by Gasteiger charge is -2.34. The van der Waals surface area contributed by atoms with Crippen molar-refractivity contribution >= 4 is 11.3 Å². The van der Waals surface area contributed by atoms with Gasteiger partial charge in [0.05, 0.1) is 6.10 Å². The molecule has 0 aromatic carbocycles. The van der Waals surface area contributed by atoms with Crippen molar-refractivity contribution in [3.05, 3.63) is 22.4 Å². The van der Waals surface area contributed by atoms with Crippen molar-refractivity contribution in [3.63, 3.8) is 0 Å². The molecule has 0 saturated heterocycles. The van der Waals surface area contributed by atoms with E-state index in [2.05, 4.69) is 19.2 Å². The molecule has 0 amide bonds. The molecule has 1 saturated carbocycles. The fraction of sp³-hybridized carbons (Fsp3) is 0.714. The van der Waals surface area contributed by atoms with Gasteiger partial charge in [0.1, 0.15) is 0 Å². The zero-order chi connectivity index (χ0) is 12.3. The summed E-state index contributed by atoms with van der Waals surface area (Å²) < 4.78 is 0. The van der Waals surface area contributed by atoms with Gasteiger partial charge in [-0.3, -0.25) is 0 Å². The van der Waals surface area contributed by atoms with Crippen molar-refractivity contribution in [1.82, 2.24) is 5.32 Å². The molecule has 1 aliphatic rings. The first-order chi connectivity index (χ1) is 8.16. The minimum Gasteiger partial charge on any atom is -0.387 e. The summed E-state index contributed by atoms with van der Waals surface area (Å²) >= 11 is 1.64. The van der Waals surface area contributed by atoms with Gasteiger partial charge < -0.3 is 10.4 Å². The van der Waals surface area contributed by atoms with Crippen molar-refractivity contribution in [2.45, 2.75) is 45.3 Å². The molecule has 4 unspecified atom stereocenters. The molecule has 17 heavy (non-hydrogen) atoms. The minimum atomic E-state index is -0.356. The second kappa shape index (κ2) is 5.98. The Morgan fingerprint density at radius 3 is 3.00 bits per heavy atom. The predicted octanol–water partition coefficient (Wildman–Crippen LogP) is 3.20. The van der Waals surface area contributed by atoms with Gasteiger partial charge in [-0.1, -0.05) is 20.3 Å². The number of aliphatic hydroxyl groups excluding tert-OH is 1. The van der Waals surface area contributed by atoms with E-state index in [1.54, 1.807) is 11.3 Å². The number of nitrogens with one attached hydrogen (secondary N) is 1. The second-order valence-electron chi connectivity index (χ2n) is 5.48. The molecule has 1 aromatic heterocycles. The Bertz CT molecular complexity index is 325. The van der Waals surface area contributed by atoms with Crippen LogP contribution >= 0.6 is 11.3 Å². The highest BCUT2D eigenvalue weighted by molar-refractivity contribution is 7.07. The van der Waals surface area contributed by atoms with E-state index < -0.39 is 0 Å². The van der Waals surface area contributed by atoms with Gasteiger partial charge in [-0.15, -0.1) is 0 Å². The normalized spacial score (nSPS) is 31.4. The Hall–Kier alpha value is -0.380. The van der Waals surface area contributed by atoms with Crippen LogP contribution in [-0.2, 0) is 0 Å². The molecule has 1 aromatic rings. The van der Waals surface area contributed by atoms with Gasteiger partial charge in [-0.05, 0) is 47.1 Å². The molecule has 0 bridgehead atoms. The lowest BCUT2D eigenvalue weighted by atomic mass is 9.80. The summed E-state index contributed by atoms with van der Waals surface area (Å²) in [6.07, 6.45) is 3.56. The van der Waals surface area contributed by atoms with Crippen LogP contribution in [0, 0.1) is 11.8 Å². The van der Waals surface area contributed by atoms with E-state index in [-0.39, 0.29) is 6.10 Å². The van der Waals surface area contributed by atoms with E-state index in [0.717, 1.165) is 17.4 Å². The third-order valence-electron chi connectivity index (χ3n) is 3.96. The smallest absolute Gasteiger partial charge is 0.0922 e. The molecule has 96 valence electrons. The van der Waals surface area contributed by atoms with Crippen LogP contribution in [0.2, 0.25) is 0 Å². The summed E-state index contributed by atoms with van der Waals surface area (Å²) in [7, 11) is 0. The highest BCUT2D eigenvalue weighted by Crippen LogP contribution is 2.28. The van der Waals surface area contributed by atoms with E-state index in [1.807, 2.05) is 16.8 Å². The summed E-state index contributed by atoms with van der Waals surface area (Å²) in [5.74, 6) is 1.56. The Balaban J connectivity index is 1.81. The minimum absolute atomic E-state index is 0.356. The molecule has 0 radical (unpaired) electrons. The third kappa shape index (κ3) is 3.54. The van der Waals surface area contributed by atoms with Gasteiger partial charge in [0.25, 0.3) is 0 Å². The van der Waals surface area contributed by atoms with Crippen molar-refractivity contribution in [2.24, 2.45) is 11.8 Å². The summed E-state index contributed by atoms with van der Waals surface area (Å²) in [4.78, 5) is 0. The van der Waals surface area contributed by atoms with E-state index >= 15 is 0 Å². The molecule has 1 aliphatic carbocycles. The van der Waals surface area contributed by atoms with E-state index in [1.165, 1.54) is 19.3 Å². The van der Waals surface area contributed by atoms with E-state index in [9.17, 15) is 5.11 Å². The van der Waals surface area contributed by atoms with Crippen LogP contribution in [0.4, 0.5) is 0 Å². The molecule has 3 heteroatoms. The maximum Gasteiger partial charge on any atom is 0.0922 e. The predicted molar refractivity (Wildman–Crippen MR) is 73.2 cm³/mol. The SMILES string of the molecule is CC1CCC(C)C(NCC(O)c2ccsc2)C1. The van der Waals surface area contributed by atoms with Crippen LogP contribution in [0.15, 0.2) is 16.8 Å². The number of rotatable bonds is 4. The second-order valence-corrected chi connectivity index (χ2v) is 6.26. The van der Waals surface area contributed by atoms with Crippen LogP contribution < -0.4 is 5.32 Å². The molecule has 2 nitrogen and oxygen atoms in total. The average Bonchev–Trinajstić information content (AvgIpc) is 2.83. The Morgan fingerprint density at radius 1 is 1.47 bits per heavy atom. The van der Waals surface area contributed by atoms with Gasteiger partial charge in [0.2, 0.25) is 0 Å². The molecule has 2 N–H and O–H groups in total. The zero-order valence-electron chi connectivity index (χ0n) is 10.7. The summed E-state index contributed by atoms with van der Waals surface area (Å²) in [5.41, 5.74) is 1.04. The Morgan fingerprint density at radius 2 is 2.29 bits per heavy atom. The standard InChI is InChI=1S/C14H23NOS/c1-10-3-4-11(2)13(7-10)15-8-14(16)12-5-6-17-9-12/h5-6,9-11,13-16H,3-4,7-8H2,1-2H3. The Kier molecular flexibility index (Phi) is 4.60. The molecule has 1 fully saturated rings. The fourth-order valence-corrected chi connectivity index (χ4v) is 3.37. The highest BCUT2D eigenvalue weighted by Gasteiger charge is 2.25. The summed E-state index contributed by atoms with van der Waals surface area (Å²) in [6, 6.07) is 2.58. The van der Waals surface area contributed by atoms with Crippen LogP contribution in [0.5, 0.6) is 0 Å². The molecular weight excluding hydrogens is 230 g/mol. The number of hydrogen-bond donors (Lipinski definition) is 2. The number of hydrogen-bond acceptors (Lipinski definition) is 3. The van der Waals surface area contributed by atoms with E-state index in [4.69, 9.17) is 0 Å². The van der Waals surface area contributed by atoms with Crippen molar-refractivity contribution < 1.29 is 5.11 Å².